The summed E-state index contributed by atoms with van der Waals surface area (Å²) in [6.07, 6.45) is 5.04. The van der Waals surface area contributed by atoms with Crippen molar-refractivity contribution in [2.75, 3.05) is 39.4 Å². The van der Waals surface area contributed by atoms with Crippen molar-refractivity contribution >= 4 is 11.8 Å². The van der Waals surface area contributed by atoms with Crippen LogP contribution in [0.15, 0.2) is 60.7 Å². The monoisotopic (exact) mass is 544 g/mol. The summed E-state index contributed by atoms with van der Waals surface area (Å²) < 4.78 is 14.3. The van der Waals surface area contributed by atoms with Crippen LogP contribution in [0.5, 0.6) is 5.75 Å². The minimum atomic E-state index is -1.07. The fraction of sp³-hybridized carbons (Fsp3) is 0.469. The van der Waals surface area contributed by atoms with E-state index in [-0.39, 0.29) is 18.4 Å². The molecule has 3 heterocycles. The molecule has 1 unspecified atom stereocenters. The summed E-state index contributed by atoms with van der Waals surface area (Å²) in [6, 6.07) is 19.8. The minimum Gasteiger partial charge on any atom is -0.491 e. The number of hydrogen-bond donors (Lipinski definition) is 0. The molecular weight excluding hydrogens is 504 g/mol. The van der Waals surface area contributed by atoms with Crippen LogP contribution in [0.1, 0.15) is 60.8 Å². The van der Waals surface area contributed by atoms with E-state index in [4.69, 9.17) is 9.47 Å². The van der Waals surface area contributed by atoms with Gasteiger partial charge in [-0.2, -0.15) is 5.10 Å². The van der Waals surface area contributed by atoms with Crippen molar-refractivity contribution in [2.24, 2.45) is 0 Å². The molecule has 2 aliphatic rings. The van der Waals surface area contributed by atoms with Gasteiger partial charge in [0.15, 0.2) is 11.3 Å². The van der Waals surface area contributed by atoms with E-state index in [2.05, 4.69) is 18.1 Å². The van der Waals surface area contributed by atoms with Gasteiger partial charge in [-0.15, -0.1) is 0 Å². The number of rotatable bonds is 5. The molecule has 8 heteroatoms. The van der Waals surface area contributed by atoms with Gasteiger partial charge >= 0.3 is 0 Å². The van der Waals surface area contributed by atoms with Crippen molar-refractivity contribution in [3.05, 3.63) is 77.6 Å². The summed E-state index contributed by atoms with van der Waals surface area (Å²) in [6.45, 7) is 6.57. The Bertz CT molecular complexity index is 1310. The molecule has 1 aromatic heterocycles. The smallest absolute Gasteiger partial charge is 0.274 e. The first kappa shape index (κ1) is 27.9. The number of ether oxygens (including phenoxy) is 2. The van der Waals surface area contributed by atoms with E-state index < -0.39 is 5.60 Å². The van der Waals surface area contributed by atoms with E-state index in [1.54, 1.807) is 9.58 Å². The second-order valence-corrected chi connectivity index (χ2v) is 10.8. The summed E-state index contributed by atoms with van der Waals surface area (Å²) in [7, 11) is 0. The zero-order valence-corrected chi connectivity index (χ0v) is 23.7. The van der Waals surface area contributed by atoms with Gasteiger partial charge in [0.25, 0.3) is 11.8 Å². The first-order valence-electron chi connectivity index (χ1n) is 14.6. The van der Waals surface area contributed by atoms with Crippen molar-refractivity contribution in [1.29, 1.82) is 0 Å². The highest BCUT2D eigenvalue weighted by Crippen LogP contribution is 2.30. The third-order valence-corrected chi connectivity index (χ3v) is 7.91. The van der Waals surface area contributed by atoms with Crippen molar-refractivity contribution in [2.45, 2.75) is 58.0 Å². The average Bonchev–Trinajstić information content (AvgIpc) is 3.38. The molecule has 40 heavy (non-hydrogen) atoms. The minimum absolute atomic E-state index is 0.0399. The third-order valence-electron chi connectivity index (χ3n) is 7.91. The van der Waals surface area contributed by atoms with Crippen LogP contribution in [0, 0.1) is 6.92 Å². The Balaban J connectivity index is 1.39. The van der Waals surface area contributed by atoms with Crippen LogP contribution in [0.3, 0.4) is 0 Å². The molecule has 5 rings (SSSR count). The normalized spacial score (nSPS) is 20.4. The van der Waals surface area contributed by atoms with Crippen molar-refractivity contribution in [1.82, 2.24) is 19.6 Å². The van der Waals surface area contributed by atoms with Crippen LogP contribution < -0.4 is 4.74 Å². The molecule has 1 saturated heterocycles. The predicted octanol–water partition coefficient (Wildman–Crippen LogP) is 4.83. The molecule has 1 fully saturated rings. The molecule has 0 radical (unpaired) electrons. The number of carbonyl (C=O) groups excluding carboxylic acids is 2. The maximum absolute atomic E-state index is 14.2. The lowest BCUT2D eigenvalue weighted by Crippen LogP contribution is -2.62. The molecule has 2 aromatic carbocycles. The number of para-hydroxylation sites is 2. The Hall–Kier alpha value is -3.65. The van der Waals surface area contributed by atoms with E-state index in [1.807, 2.05) is 66.4 Å². The molecule has 0 aliphatic carbocycles. The van der Waals surface area contributed by atoms with Gasteiger partial charge in [-0.25, -0.2) is 4.68 Å². The van der Waals surface area contributed by atoms with Crippen LogP contribution in [-0.2, 0) is 16.0 Å². The van der Waals surface area contributed by atoms with Gasteiger partial charge in [0.05, 0.1) is 25.4 Å². The Morgan fingerprint density at radius 2 is 1.82 bits per heavy atom. The maximum Gasteiger partial charge on any atom is 0.274 e. The van der Waals surface area contributed by atoms with Gasteiger partial charge in [-0.05, 0) is 68.9 Å². The van der Waals surface area contributed by atoms with E-state index in [9.17, 15) is 9.59 Å². The second-order valence-electron chi connectivity index (χ2n) is 10.8. The summed E-state index contributed by atoms with van der Waals surface area (Å²) in [4.78, 5) is 31.6. The maximum atomic E-state index is 14.2. The summed E-state index contributed by atoms with van der Waals surface area (Å²) in [5.41, 5.74) is 2.28. The van der Waals surface area contributed by atoms with Crippen LogP contribution in [0.2, 0.25) is 0 Å². The van der Waals surface area contributed by atoms with E-state index in [0.29, 0.717) is 45.0 Å². The third kappa shape index (κ3) is 6.07. The quantitative estimate of drug-likeness (QED) is 0.460. The number of nitrogens with zero attached hydrogens (tertiary/aromatic N) is 4. The lowest BCUT2D eigenvalue weighted by Gasteiger charge is -2.44. The Morgan fingerprint density at radius 1 is 1.02 bits per heavy atom. The van der Waals surface area contributed by atoms with Crippen LogP contribution in [0.4, 0.5) is 0 Å². The lowest BCUT2D eigenvalue weighted by atomic mass is 9.90. The average molecular weight is 545 g/mol. The molecule has 0 N–H and O–H groups in total. The second kappa shape index (κ2) is 12.7. The summed E-state index contributed by atoms with van der Waals surface area (Å²) in [5, 5.41) is 4.64. The molecule has 1 atom stereocenters. The highest BCUT2D eigenvalue weighted by molar-refractivity contribution is 5.94. The molecule has 1 spiro atoms. The zero-order chi connectivity index (χ0) is 28.0. The number of unbranched alkanes of at least 4 members (excludes halogenated alkanes) is 1. The lowest BCUT2D eigenvalue weighted by molar-refractivity contribution is -0.170. The highest BCUT2D eigenvalue weighted by Gasteiger charge is 2.47. The molecular formula is C32H40N4O4. The van der Waals surface area contributed by atoms with Crippen LogP contribution in [0.25, 0.3) is 5.69 Å². The van der Waals surface area contributed by atoms with Crippen LogP contribution in [-0.4, -0.2) is 76.4 Å². The van der Waals surface area contributed by atoms with E-state index >= 15 is 0 Å². The molecule has 2 aliphatic heterocycles. The molecule has 0 saturated carbocycles. The molecule has 212 valence electrons. The summed E-state index contributed by atoms with van der Waals surface area (Å²) >= 11 is 0. The number of benzene rings is 2. The molecule has 8 nitrogen and oxygen atoms in total. The van der Waals surface area contributed by atoms with Crippen LogP contribution >= 0.6 is 0 Å². The van der Waals surface area contributed by atoms with Gasteiger partial charge in [-0.3, -0.25) is 9.59 Å². The van der Waals surface area contributed by atoms with Gasteiger partial charge in [0.2, 0.25) is 0 Å². The standard InChI is InChI=1S/C32H40N4O4/c1-3-4-18-34-19-21-39-29-16-9-8-12-26(29)13-10-11-17-32(31(34)38)24-35(20-22-40-32)30(37)28-23-25(2)36(33-28)27-14-6-5-7-15-27/h5-9,12,14-16,23H,3-4,10-11,13,17-22,24H2,1-2H3. The fourth-order valence-electron chi connectivity index (χ4n) is 5.71. The largest absolute Gasteiger partial charge is 0.491 e. The van der Waals surface area contributed by atoms with E-state index in [1.165, 1.54) is 5.56 Å². The van der Waals surface area contributed by atoms with Crippen molar-refractivity contribution < 1.29 is 19.1 Å². The Morgan fingerprint density at radius 3 is 2.65 bits per heavy atom. The summed E-state index contributed by atoms with van der Waals surface area (Å²) in [5.74, 6) is 0.690. The number of amides is 2. The molecule has 3 aromatic rings. The fourth-order valence-corrected chi connectivity index (χ4v) is 5.71. The number of aromatic nitrogens is 2. The van der Waals surface area contributed by atoms with E-state index in [0.717, 1.165) is 49.2 Å². The van der Waals surface area contributed by atoms with Gasteiger partial charge in [0.1, 0.15) is 12.4 Å². The number of hydrogen-bond acceptors (Lipinski definition) is 5. The first-order chi connectivity index (χ1) is 19.5. The zero-order valence-electron chi connectivity index (χ0n) is 23.7. The topological polar surface area (TPSA) is 76.9 Å². The SMILES string of the molecule is CCCCN1CCOc2ccccc2CCCCC2(CN(C(=O)c3cc(C)n(-c4ccccc4)n3)CCO2)C1=O. The Kier molecular flexibility index (Phi) is 8.85. The van der Waals surface area contributed by atoms with Gasteiger partial charge < -0.3 is 19.3 Å². The number of fused-ring (bicyclic) bond motifs is 1. The van der Waals surface area contributed by atoms with Gasteiger partial charge in [-0.1, -0.05) is 49.7 Å². The number of morpholine rings is 1. The predicted molar refractivity (Wildman–Crippen MR) is 154 cm³/mol. The van der Waals surface area contributed by atoms with Crippen molar-refractivity contribution in [3.63, 3.8) is 0 Å². The Labute approximate surface area is 236 Å². The molecule has 0 bridgehead atoms. The first-order valence-corrected chi connectivity index (χ1v) is 14.6. The number of aryl methyl sites for hydroxylation is 2. The number of carbonyl (C=O) groups is 2. The van der Waals surface area contributed by atoms with Crippen molar-refractivity contribution in [3.8, 4) is 11.4 Å². The highest BCUT2D eigenvalue weighted by atomic mass is 16.5. The van der Waals surface area contributed by atoms with Gasteiger partial charge in [0, 0.05) is 18.8 Å². The molecule has 2 amide bonds.